The Kier molecular flexibility index (Phi) is 4.44. The Balaban J connectivity index is 1.68. The molecular weight excluding hydrogens is 364 g/mol. The van der Waals surface area contributed by atoms with Gasteiger partial charge in [-0.3, -0.25) is 14.6 Å². The number of aromatic nitrogens is 1. The summed E-state index contributed by atoms with van der Waals surface area (Å²) in [6.45, 7) is 0. The molecule has 0 aliphatic carbocycles. The number of carbonyl (C=O) groups excluding carboxylic acids is 1. The molecule has 5 nitrogen and oxygen atoms in total. The summed E-state index contributed by atoms with van der Waals surface area (Å²) < 4.78 is 5.85. The van der Waals surface area contributed by atoms with Gasteiger partial charge in [0.2, 0.25) is 0 Å². The molecule has 4 aromatic rings. The van der Waals surface area contributed by atoms with E-state index >= 15 is 0 Å². The van der Waals surface area contributed by atoms with Crippen LogP contribution < -0.4 is 10.7 Å². The Hall–Kier alpha value is -3.44. The first-order valence-corrected chi connectivity index (χ1v) is 8.53. The highest BCUT2D eigenvalue weighted by Gasteiger charge is 2.10. The number of hydrogen-bond acceptors (Lipinski definition) is 4. The summed E-state index contributed by atoms with van der Waals surface area (Å²) in [7, 11) is 0. The lowest BCUT2D eigenvalue weighted by Gasteiger charge is -2.07. The number of nitrogens with zero attached hydrogens (tertiary/aromatic N) is 1. The van der Waals surface area contributed by atoms with E-state index in [4.69, 9.17) is 16.0 Å². The van der Waals surface area contributed by atoms with Crippen molar-refractivity contribution in [1.29, 1.82) is 0 Å². The predicted octanol–water partition coefficient (Wildman–Crippen LogP) is 4.76. The monoisotopic (exact) mass is 376 g/mol. The Labute approximate surface area is 159 Å². The van der Waals surface area contributed by atoms with Crippen LogP contribution in [0.15, 0.2) is 82.3 Å². The SMILES string of the molecule is O=C(Nc1ccc2oc(-c3ccc(Cl)cc3)cc(=O)c2c1)c1ccncc1. The van der Waals surface area contributed by atoms with Gasteiger partial charge in [0, 0.05) is 40.3 Å². The summed E-state index contributed by atoms with van der Waals surface area (Å²) in [5.74, 6) is 0.177. The maximum absolute atomic E-state index is 12.5. The van der Waals surface area contributed by atoms with Crippen LogP contribution in [0.25, 0.3) is 22.3 Å². The van der Waals surface area contributed by atoms with Crippen LogP contribution in [0.5, 0.6) is 0 Å². The fourth-order valence-corrected chi connectivity index (χ4v) is 2.82. The molecule has 2 aromatic heterocycles. The molecule has 4 rings (SSSR count). The van der Waals surface area contributed by atoms with Crippen LogP contribution in [0.3, 0.4) is 0 Å². The first-order chi connectivity index (χ1) is 13.1. The summed E-state index contributed by atoms with van der Waals surface area (Å²) >= 11 is 5.90. The van der Waals surface area contributed by atoms with Crippen LogP contribution in [0.1, 0.15) is 10.4 Å². The van der Waals surface area contributed by atoms with Crippen LogP contribution in [-0.4, -0.2) is 10.9 Å². The maximum atomic E-state index is 12.5. The normalized spacial score (nSPS) is 10.7. The van der Waals surface area contributed by atoms with Crippen molar-refractivity contribution in [2.45, 2.75) is 0 Å². The third-order valence-corrected chi connectivity index (χ3v) is 4.31. The molecule has 0 aliphatic rings. The van der Waals surface area contributed by atoms with Crippen molar-refractivity contribution in [2.24, 2.45) is 0 Å². The number of benzene rings is 2. The summed E-state index contributed by atoms with van der Waals surface area (Å²) in [4.78, 5) is 28.7. The lowest BCUT2D eigenvalue weighted by molar-refractivity contribution is 0.102. The maximum Gasteiger partial charge on any atom is 0.255 e. The summed E-state index contributed by atoms with van der Waals surface area (Å²) in [6.07, 6.45) is 3.09. The van der Waals surface area contributed by atoms with E-state index in [1.54, 1.807) is 67.0 Å². The van der Waals surface area contributed by atoms with E-state index in [0.29, 0.717) is 33.0 Å². The Morgan fingerprint density at radius 2 is 1.70 bits per heavy atom. The molecule has 0 unspecified atom stereocenters. The van der Waals surface area contributed by atoms with Crippen LogP contribution >= 0.6 is 11.6 Å². The highest BCUT2D eigenvalue weighted by atomic mass is 35.5. The van der Waals surface area contributed by atoms with Crippen molar-refractivity contribution in [1.82, 2.24) is 4.98 Å². The van der Waals surface area contributed by atoms with Gasteiger partial charge in [-0.15, -0.1) is 0 Å². The Bertz CT molecular complexity index is 1190. The molecule has 0 atom stereocenters. The highest BCUT2D eigenvalue weighted by molar-refractivity contribution is 6.30. The quantitative estimate of drug-likeness (QED) is 0.559. The van der Waals surface area contributed by atoms with Gasteiger partial charge >= 0.3 is 0 Å². The van der Waals surface area contributed by atoms with Crippen molar-refractivity contribution >= 4 is 34.2 Å². The van der Waals surface area contributed by atoms with E-state index in [1.165, 1.54) is 6.07 Å². The van der Waals surface area contributed by atoms with Gasteiger partial charge in [0.25, 0.3) is 5.91 Å². The zero-order valence-electron chi connectivity index (χ0n) is 14.0. The van der Waals surface area contributed by atoms with Gasteiger partial charge in [0.05, 0.1) is 5.39 Å². The third-order valence-electron chi connectivity index (χ3n) is 4.06. The van der Waals surface area contributed by atoms with Crippen LogP contribution in [0.2, 0.25) is 5.02 Å². The number of rotatable bonds is 3. The van der Waals surface area contributed by atoms with E-state index in [-0.39, 0.29) is 11.3 Å². The molecule has 0 fully saturated rings. The highest BCUT2D eigenvalue weighted by Crippen LogP contribution is 2.25. The molecule has 27 heavy (non-hydrogen) atoms. The van der Waals surface area contributed by atoms with Crippen molar-refractivity contribution in [3.05, 3.63) is 93.9 Å². The lowest BCUT2D eigenvalue weighted by Crippen LogP contribution is -2.12. The summed E-state index contributed by atoms with van der Waals surface area (Å²) in [5.41, 5.74) is 2.00. The van der Waals surface area contributed by atoms with E-state index in [2.05, 4.69) is 10.3 Å². The van der Waals surface area contributed by atoms with Crippen molar-refractivity contribution in [3.63, 3.8) is 0 Å². The molecule has 0 saturated carbocycles. The number of anilines is 1. The van der Waals surface area contributed by atoms with Crippen molar-refractivity contribution in [3.8, 4) is 11.3 Å². The third kappa shape index (κ3) is 3.59. The molecule has 0 radical (unpaired) electrons. The standard InChI is InChI=1S/C21H13ClN2O3/c22-15-3-1-13(2-4-15)20-12-18(25)17-11-16(5-6-19(17)27-20)24-21(26)14-7-9-23-10-8-14/h1-12H,(H,24,26). The average molecular weight is 377 g/mol. The largest absolute Gasteiger partial charge is 0.456 e. The van der Waals surface area contributed by atoms with E-state index in [1.807, 2.05) is 0 Å². The molecule has 0 spiro atoms. The van der Waals surface area contributed by atoms with Crippen LogP contribution in [0.4, 0.5) is 5.69 Å². The van der Waals surface area contributed by atoms with Gasteiger partial charge in [0.1, 0.15) is 11.3 Å². The van der Waals surface area contributed by atoms with Gasteiger partial charge in [-0.25, -0.2) is 0 Å². The van der Waals surface area contributed by atoms with Crippen LogP contribution in [-0.2, 0) is 0 Å². The molecule has 132 valence electrons. The minimum absolute atomic E-state index is 0.193. The second-order valence-corrected chi connectivity index (χ2v) is 6.32. The lowest BCUT2D eigenvalue weighted by atomic mass is 10.1. The molecule has 1 N–H and O–H groups in total. The number of pyridine rings is 1. The molecule has 0 saturated heterocycles. The van der Waals surface area contributed by atoms with E-state index < -0.39 is 0 Å². The zero-order chi connectivity index (χ0) is 18.8. The number of amides is 1. The van der Waals surface area contributed by atoms with Gasteiger partial charge < -0.3 is 9.73 Å². The first-order valence-electron chi connectivity index (χ1n) is 8.15. The molecular formula is C21H13ClN2O3. The van der Waals surface area contributed by atoms with Gasteiger partial charge in [0.15, 0.2) is 5.43 Å². The second kappa shape index (κ2) is 7.05. The second-order valence-electron chi connectivity index (χ2n) is 5.88. The molecule has 0 bridgehead atoms. The Morgan fingerprint density at radius 1 is 0.963 bits per heavy atom. The predicted molar refractivity (Wildman–Crippen MR) is 105 cm³/mol. The van der Waals surface area contributed by atoms with Gasteiger partial charge in [-0.2, -0.15) is 0 Å². The van der Waals surface area contributed by atoms with E-state index in [0.717, 1.165) is 5.56 Å². The Morgan fingerprint density at radius 3 is 2.44 bits per heavy atom. The average Bonchev–Trinajstić information content (AvgIpc) is 2.69. The number of fused-ring (bicyclic) bond motifs is 1. The number of nitrogens with one attached hydrogen (secondary N) is 1. The number of hydrogen-bond donors (Lipinski definition) is 1. The summed E-state index contributed by atoms with van der Waals surface area (Å²) in [6, 6.07) is 16.7. The molecule has 1 amide bonds. The fraction of sp³-hybridized carbons (Fsp3) is 0. The van der Waals surface area contributed by atoms with Gasteiger partial charge in [-0.05, 0) is 54.6 Å². The molecule has 6 heteroatoms. The number of halogens is 1. The molecule has 2 aromatic carbocycles. The zero-order valence-corrected chi connectivity index (χ0v) is 14.7. The topological polar surface area (TPSA) is 72.2 Å². The first kappa shape index (κ1) is 17.0. The minimum atomic E-state index is -0.279. The molecule has 0 aliphatic heterocycles. The summed E-state index contributed by atoms with van der Waals surface area (Å²) in [5, 5.41) is 3.77. The fourth-order valence-electron chi connectivity index (χ4n) is 2.70. The van der Waals surface area contributed by atoms with Crippen molar-refractivity contribution < 1.29 is 9.21 Å². The van der Waals surface area contributed by atoms with E-state index in [9.17, 15) is 9.59 Å². The van der Waals surface area contributed by atoms with Crippen LogP contribution in [0, 0.1) is 0 Å². The smallest absolute Gasteiger partial charge is 0.255 e. The van der Waals surface area contributed by atoms with Gasteiger partial charge in [-0.1, -0.05) is 11.6 Å². The van der Waals surface area contributed by atoms with Crippen molar-refractivity contribution in [2.75, 3.05) is 5.32 Å². The number of carbonyl (C=O) groups is 1. The molecule has 2 heterocycles. The minimum Gasteiger partial charge on any atom is -0.456 e.